The van der Waals surface area contributed by atoms with Crippen LogP contribution in [0.15, 0.2) is 48.7 Å². The first-order chi connectivity index (χ1) is 10.5. The van der Waals surface area contributed by atoms with Crippen molar-refractivity contribution in [3.8, 4) is 0 Å². The highest BCUT2D eigenvalue weighted by Crippen LogP contribution is 2.15. The van der Waals surface area contributed by atoms with Crippen LogP contribution in [0.2, 0.25) is 0 Å². The normalized spacial score (nSPS) is 11.5. The Morgan fingerprint density at radius 3 is 2.50 bits per heavy atom. The van der Waals surface area contributed by atoms with Crippen LogP contribution in [-0.4, -0.2) is 16.9 Å². The lowest BCUT2D eigenvalue weighted by atomic mass is 10.1. The number of amides is 1. The van der Waals surface area contributed by atoms with Crippen LogP contribution in [0.3, 0.4) is 0 Å². The lowest BCUT2D eigenvalue weighted by molar-refractivity contribution is -0.147. The van der Waals surface area contributed by atoms with Gasteiger partial charge in [0, 0.05) is 18.8 Å². The molecule has 1 N–H and O–H groups in total. The van der Waals surface area contributed by atoms with Gasteiger partial charge in [-0.1, -0.05) is 18.2 Å². The second-order valence-corrected chi connectivity index (χ2v) is 4.94. The largest absolute Gasteiger partial charge is 0.456 e. The number of benzene rings is 1. The van der Waals surface area contributed by atoms with Crippen molar-refractivity contribution in [3.63, 3.8) is 0 Å². The first-order valence-corrected chi connectivity index (χ1v) is 7.01. The van der Waals surface area contributed by atoms with E-state index in [9.17, 15) is 9.59 Å². The van der Waals surface area contributed by atoms with Crippen LogP contribution < -0.4 is 5.32 Å². The Morgan fingerprint density at radius 1 is 1.18 bits per heavy atom. The summed E-state index contributed by atoms with van der Waals surface area (Å²) in [6.07, 6.45) is 1.46. The van der Waals surface area contributed by atoms with E-state index in [0.29, 0.717) is 5.69 Å². The van der Waals surface area contributed by atoms with E-state index in [1.807, 2.05) is 18.2 Å². The highest BCUT2D eigenvalue weighted by atomic mass is 16.5. The van der Waals surface area contributed by atoms with E-state index in [-0.39, 0.29) is 24.4 Å². The van der Waals surface area contributed by atoms with E-state index in [0.717, 1.165) is 11.3 Å². The number of carbonyl (C=O) groups excluding carboxylic acids is 2. The number of aromatic nitrogens is 1. The fourth-order valence-corrected chi connectivity index (χ4v) is 1.99. The molecule has 0 aliphatic heterocycles. The van der Waals surface area contributed by atoms with Crippen molar-refractivity contribution in [1.82, 2.24) is 4.98 Å². The highest BCUT2D eigenvalue weighted by Gasteiger charge is 2.13. The maximum absolute atomic E-state index is 11.9. The summed E-state index contributed by atoms with van der Waals surface area (Å²) in [5.74, 6) is -0.443. The summed E-state index contributed by atoms with van der Waals surface area (Å²) < 4.78 is 5.36. The molecule has 114 valence electrons. The molecule has 2 rings (SSSR count). The minimum absolute atomic E-state index is 0.128. The molecule has 5 heteroatoms. The zero-order valence-electron chi connectivity index (χ0n) is 12.6. The quantitative estimate of drug-likeness (QED) is 0.862. The Hall–Kier alpha value is -2.69. The molecule has 0 unspecified atom stereocenters. The van der Waals surface area contributed by atoms with Gasteiger partial charge < -0.3 is 10.1 Å². The molecule has 5 nitrogen and oxygen atoms in total. The van der Waals surface area contributed by atoms with Crippen molar-refractivity contribution in [3.05, 3.63) is 59.9 Å². The molecule has 1 aromatic heterocycles. The first kappa shape index (κ1) is 15.7. The van der Waals surface area contributed by atoms with Gasteiger partial charge in [-0.2, -0.15) is 0 Å². The van der Waals surface area contributed by atoms with Crippen molar-refractivity contribution in [2.75, 3.05) is 5.32 Å². The maximum atomic E-state index is 11.9. The molecular formula is C17H18N2O3. The average molecular weight is 298 g/mol. The van der Waals surface area contributed by atoms with Crippen molar-refractivity contribution in [2.45, 2.75) is 26.4 Å². The van der Waals surface area contributed by atoms with Gasteiger partial charge >= 0.3 is 5.97 Å². The molecule has 1 amide bonds. The van der Waals surface area contributed by atoms with Gasteiger partial charge in [0.05, 0.1) is 12.1 Å². The number of ether oxygens (including phenoxy) is 1. The van der Waals surface area contributed by atoms with Gasteiger partial charge in [0.1, 0.15) is 6.10 Å². The summed E-state index contributed by atoms with van der Waals surface area (Å²) in [6, 6.07) is 12.6. The van der Waals surface area contributed by atoms with Crippen molar-refractivity contribution < 1.29 is 14.3 Å². The van der Waals surface area contributed by atoms with Crippen LogP contribution in [0.25, 0.3) is 0 Å². The third-order valence-electron chi connectivity index (χ3n) is 3.04. The lowest BCUT2D eigenvalue weighted by Gasteiger charge is -2.12. The van der Waals surface area contributed by atoms with Crippen molar-refractivity contribution in [2.24, 2.45) is 0 Å². The minimum Gasteiger partial charge on any atom is -0.456 e. The lowest BCUT2D eigenvalue weighted by Crippen LogP contribution is -2.12. The molecule has 1 heterocycles. The summed E-state index contributed by atoms with van der Waals surface area (Å²) in [7, 11) is 0. The second-order valence-electron chi connectivity index (χ2n) is 4.94. The number of hydrogen-bond acceptors (Lipinski definition) is 4. The Morgan fingerprint density at radius 2 is 1.91 bits per heavy atom. The van der Waals surface area contributed by atoms with Gasteiger partial charge in [0.2, 0.25) is 5.91 Å². The summed E-state index contributed by atoms with van der Waals surface area (Å²) in [6.45, 7) is 3.24. The van der Waals surface area contributed by atoms with E-state index in [2.05, 4.69) is 10.3 Å². The minimum atomic E-state index is -0.382. The molecule has 0 bridgehead atoms. The van der Waals surface area contributed by atoms with E-state index in [4.69, 9.17) is 4.74 Å². The van der Waals surface area contributed by atoms with Crippen LogP contribution in [0.4, 0.5) is 5.69 Å². The Kier molecular flexibility index (Phi) is 5.25. The second kappa shape index (κ2) is 7.36. The number of pyridine rings is 1. The fraction of sp³-hybridized carbons (Fsp3) is 0.235. The standard InChI is InChI=1S/C17H18N2O3/c1-12(16-5-3-4-10-18-16)22-17(21)11-14-6-8-15(9-7-14)19-13(2)20/h3-10,12H,11H2,1-2H3,(H,19,20)/t12-/m0/s1. The smallest absolute Gasteiger partial charge is 0.310 e. The average Bonchev–Trinajstić information content (AvgIpc) is 2.49. The molecule has 0 saturated carbocycles. The Bertz CT molecular complexity index is 639. The molecule has 1 aromatic carbocycles. The van der Waals surface area contributed by atoms with Crippen LogP contribution in [0.5, 0.6) is 0 Å². The number of carbonyl (C=O) groups is 2. The predicted octanol–water partition coefficient (Wildman–Crippen LogP) is 2.89. The molecule has 0 fully saturated rings. The number of rotatable bonds is 5. The number of nitrogens with zero attached hydrogens (tertiary/aromatic N) is 1. The zero-order valence-corrected chi connectivity index (χ0v) is 12.6. The van der Waals surface area contributed by atoms with Crippen LogP contribution in [0, 0.1) is 0 Å². The number of anilines is 1. The van der Waals surface area contributed by atoms with Crippen LogP contribution >= 0.6 is 0 Å². The van der Waals surface area contributed by atoms with E-state index < -0.39 is 0 Å². The summed E-state index contributed by atoms with van der Waals surface area (Å²) in [5, 5.41) is 2.68. The van der Waals surface area contributed by atoms with E-state index in [1.165, 1.54) is 6.92 Å². The summed E-state index contributed by atoms with van der Waals surface area (Å²) >= 11 is 0. The zero-order chi connectivity index (χ0) is 15.9. The molecule has 0 radical (unpaired) electrons. The topological polar surface area (TPSA) is 68.3 Å². The number of nitrogens with one attached hydrogen (secondary N) is 1. The third kappa shape index (κ3) is 4.70. The number of hydrogen-bond donors (Lipinski definition) is 1. The molecule has 0 saturated heterocycles. The van der Waals surface area contributed by atoms with Gasteiger partial charge in [0.25, 0.3) is 0 Å². The maximum Gasteiger partial charge on any atom is 0.310 e. The number of esters is 1. The molecule has 0 spiro atoms. The first-order valence-electron chi connectivity index (χ1n) is 7.01. The van der Waals surface area contributed by atoms with Gasteiger partial charge in [-0.3, -0.25) is 14.6 Å². The molecule has 1 atom stereocenters. The van der Waals surface area contributed by atoms with Crippen molar-refractivity contribution >= 4 is 17.6 Å². The molecular weight excluding hydrogens is 280 g/mol. The third-order valence-corrected chi connectivity index (χ3v) is 3.04. The Labute approximate surface area is 129 Å². The van der Waals surface area contributed by atoms with Crippen LogP contribution in [-0.2, 0) is 20.7 Å². The summed E-state index contributed by atoms with van der Waals surface area (Å²) in [4.78, 5) is 27.0. The van der Waals surface area contributed by atoms with Crippen molar-refractivity contribution in [1.29, 1.82) is 0 Å². The van der Waals surface area contributed by atoms with E-state index in [1.54, 1.807) is 37.4 Å². The SMILES string of the molecule is CC(=O)Nc1ccc(CC(=O)O[C@@H](C)c2ccccn2)cc1. The molecule has 22 heavy (non-hydrogen) atoms. The Balaban J connectivity index is 1.90. The molecule has 0 aliphatic carbocycles. The van der Waals surface area contributed by atoms with E-state index >= 15 is 0 Å². The molecule has 0 aliphatic rings. The summed E-state index contributed by atoms with van der Waals surface area (Å²) in [5.41, 5.74) is 2.25. The highest BCUT2D eigenvalue weighted by molar-refractivity contribution is 5.88. The monoisotopic (exact) mass is 298 g/mol. The fourth-order valence-electron chi connectivity index (χ4n) is 1.99. The van der Waals surface area contributed by atoms with Gasteiger partial charge in [-0.25, -0.2) is 0 Å². The van der Waals surface area contributed by atoms with Gasteiger partial charge in [-0.05, 0) is 36.8 Å². The predicted molar refractivity (Wildman–Crippen MR) is 83.2 cm³/mol. The molecule has 2 aromatic rings. The van der Waals surface area contributed by atoms with Gasteiger partial charge in [0.15, 0.2) is 0 Å². The van der Waals surface area contributed by atoms with Crippen LogP contribution in [0.1, 0.15) is 31.2 Å². The van der Waals surface area contributed by atoms with Gasteiger partial charge in [-0.15, -0.1) is 0 Å².